The average Bonchev–Trinajstić information content (AvgIpc) is 3.57. The van der Waals surface area contributed by atoms with Gasteiger partial charge in [-0.25, -0.2) is 15.0 Å². The largest absolute Gasteiger partial charge is 0.496 e. The molecule has 0 spiro atoms. The lowest BCUT2D eigenvalue weighted by Gasteiger charge is -2.32. The molecule has 3 aliphatic rings. The average molecular weight is 1250 g/mol. The minimum atomic E-state index is -1.63. The SMILES string of the molecule is C1CNC1.COc1cc(-c2cn(C)c(=O)c3cnc(N4CCC4)cc23)cc(OC)c1C=O.COc1cc(B(O)O)cc(OC)c1C=O.Cl.Cn1cc(Br)c2cc(Cl)ncc2c1=O.Cn1cc(Br)c2cc(N3CCC3)ncc2c1=O. The zero-order chi connectivity index (χ0) is 56.4. The second-order valence-electron chi connectivity index (χ2n) is 18.0. The van der Waals surface area contributed by atoms with Gasteiger partial charge in [-0.3, -0.25) is 24.0 Å². The summed E-state index contributed by atoms with van der Waals surface area (Å²) in [5.74, 6) is 3.14. The van der Waals surface area contributed by atoms with E-state index in [1.165, 1.54) is 81.8 Å². The smallest absolute Gasteiger partial charge is 0.488 e. The zero-order valence-corrected chi connectivity index (χ0v) is 49.0. The van der Waals surface area contributed by atoms with Gasteiger partial charge in [0.1, 0.15) is 39.8 Å². The lowest BCUT2D eigenvalue weighted by Crippen LogP contribution is -2.37. The minimum Gasteiger partial charge on any atom is -0.496 e. The number of rotatable bonds is 10. The van der Waals surface area contributed by atoms with Crippen LogP contribution in [0.5, 0.6) is 23.0 Å². The Balaban J connectivity index is 0.000000172. The summed E-state index contributed by atoms with van der Waals surface area (Å²) in [6, 6.07) is 11.9. The first-order valence-electron chi connectivity index (χ1n) is 24.4. The third-order valence-electron chi connectivity index (χ3n) is 13.1. The lowest BCUT2D eigenvalue weighted by molar-refractivity contribution is 0.111. The Morgan fingerprint density at radius 3 is 1.30 bits per heavy atom. The van der Waals surface area contributed by atoms with E-state index in [1.807, 2.05) is 12.1 Å². The van der Waals surface area contributed by atoms with Crippen LogP contribution >= 0.6 is 55.9 Å². The number of fused-ring (bicyclic) bond motifs is 3. The summed E-state index contributed by atoms with van der Waals surface area (Å²) in [6.07, 6.45) is 15.2. The Bertz CT molecular complexity index is 3650. The number of nitrogens with one attached hydrogen (secondary N) is 1. The number of carbonyl (C=O) groups is 2. The van der Waals surface area contributed by atoms with Gasteiger partial charge in [0.2, 0.25) is 0 Å². The molecule has 79 heavy (non-hydrogen) atoms. The van der Waals surface area contributed by atoms with Crippen LogP contribution in [0, 0.1) is 0 Å². The molecular weight excluding hydrogens is 1190 g/mol. The summed E-state index contributed by atoms with van der Waals surface area (Å²) in [5, 5.41) is 25.8. The summed E-state index contributed by atoms with van der Waals surface area (Å²) in [4.78, 5) is 75.6. The van der Waals surface area contributed by atoms with Gasteiger partial charge in [0.25, 0.3) is 16.7 Å². The van der Waals surface area contributed by atoms with Crippen molar-refractivity contribution in [1.29, 1.82) is 0 Å². The van der Waals surface area contributed by atoms with E-state index in [9.17, 15) is 24.0 Å². The first-order valence-corrected chi connectivity index (χ1v) is 26.4. The van der Waals surface area contributed by atoms with Crippen molar-refractivity contribution in [3.05, 3.63) is 136 Å². The highest BCUT2D eigenvalue weighted by Gasteiger charge is 2.22. The van der Waals surface area contributed by atoms with Gasteiger partial charge in [-0.15, -0.1) is 12.4 Å². The van der Waals surface area contributed by atoms with E-state index in [0.717, 1.165) is 80.5 Å². The van der Waals surface area contributed by atoms with Crippen LogP contribution in [0.4, 0.5) is 11.6 Å². The highest BCUT2D eigenvalue weighted by Crippen LogP contribution is 2.37. The van der Waals surface area contributed by atoms with Crippen LogP contribution < -0.4 is 56.2 Å². The van der Waals surface area contributed by atoms with Gasteiger partial charge in [-0.05, 0) is 118 Å². The summed E-state index contributed by atoms with van der Waals surface area (Å²) in [7, 11) is 9.31. The molecule has 6 aromatic heterocycles. The maximum Gasteiger partial charge on any atom is 0.488 e. The molecule has 0 aliphatic carbocycles. The number of nitrogens with zero attached hydrogens (tertiary/aromatic N) is 8. The maximum atomic E-state index is 12.6. The third kappa shape index (κ3) is 14.0. The van der Waals surface area contributed by atoms with E-state index in [2.05, 4.69) is 61.9 Å². The Morgan fingerprint density at radius 1 is 0.570 bits per heavy atom. The summed E-state index contributed by atoms with van der Waals surface area (Å²) in [5.41, 5.74) is 2.24. The zero-order valence-electron chi connectivity index (χ0n) is 44.3. The van der Waals surface area contributed by atoms with Crippen molar-refractivity contribution in [1.82, 2.24) is 34.0 Å². The number of aromatic nitrogens is 6. The molecule has 3 aliphatic heterocycles. The van der Waals surface area contributed by atoms with Gasteiger partial charge in [0.05, 0.1) is 55.7 Å². The van der Waals surface area contributed by atoms with Crippen molar-refractivity contribution in [2.75, 3.05) is 77.5 Å². The van der Waals surface area contributed by atoms with Gasteiger partial charge in [-0.1, -0.05) is 11.6 Å². The molecule has 11 rings (SSSR count). The summed E-state index contributed by atoms with van der Waals surface area (Å²) in [6.45, 7) is 6.55. The molecule has 0 saturated carbocycles. The molecule has 2 aromatic carbocycles. The normalized spacial score (nSPS) is 12.9. The number of pyridine rings is 6. The van der Waals surface area contributed by atoms with Crippen LogP contribution in [0.1, 0.15) is 40.0 Å². The Kier molecular flexibility index (Phi) is 21.6. The van der Waals surface area contributed by atoms with Gasteiger partial charge in [0.15, 0.2) is 12.6 Å². The second kappa shape index (κ2) is 27.8. The van der Waals surface area contributed by atoms with E-state index in [-0.39, 0.29) is 51.6 Å². The van der Waals surface area contributed by atoms with E-state index in [4.69, 9.17) is 40.6 Å². The highest BCUT2D eigenvalue weighted by molar-refractivity contribution is 9.11. The highest BCUT2D eigenvalue weighted by atomic mass is 79.9. The maximum absolute atomic E-state index is 12.6. The monoisotopic (exact) mass is 1250 g/mol. The quantitative estimate of drug-likeness (QED) is 0.0754. The van der Waals surface area contributed by atoms with Crippen molar-refractivity contribution in [3.8, 4) is 34.1 Å². The Hall–Kier alpha value is -6.86. The number of halogens is 4. The van der Waals surface area contributed by atoms with Gasteiger partial charge in [-0.2, -0.15) is 0 Å². The van der Waals surface area contributed by atoms with Gasteiger partial charge < -0.3 is 57.8 Å². The van der Waals surface area contributed by atoms with Crippen molar-refractivity contribution in [3.63, 3.8) is 0 Å². The molecule has 9 heterocycles. The number of aldehydes is 2. The Morgan fingerprint density at radius 2 is 0.937 bits per heavy atom. The molecular formula is C54H58BBr2Cl2N9O11. The molecule has 0 amide bonds. The van der Waals surface area contributed by atoms with Crippen molar-refractivity contribution < 1.29 is 38.6 Å². The Labute approximate surface area is 482 Å². The van der Waals surface area contributed by atoms with Crippen LogP contribution in [-0.4, -0.2) is 126 Å². The number of methoxy groups -OCH3 is 4. The number of hydrogen-bond acceptors (Lipinski definition) is 17. The molecule has 20 nitrogen and oxygen atoms in total. The minimum absolute atomic E-state index is 0. The topological polar surface area (TPSA) is 235 Å². The number of benzene rings is 2. The van der Waals surface area contributed by atoms with Gasteiger partial charge in [0, 0.05) is 115 Å². The number of hydrogen-bond donors (Lipinski definition) is 3. The van der Waals surface area contributed by atoms with Crippen LogP contribution in [0.15, 0.2) is 103 Å². The molecule has 416 valence electrons. The van der Waals surface area contributed by atoms with Crippen molar-refractivity contribution in [2.24, 2.45) is 21.1 Å². The molecule has 0 radical (unpaired) electrons. The van der Waals surface area contributed by atoms with E-state index in [0.29, 0.717) is 50.9 Å². The van der Waals surface area contributed by atoms with Crippen LogP contribution in [0.25, 0.3) is 43.4 Å². The van der Waals surface area contributed by atoms with Crippen molar-refractivity contribution >= 4 is 125 Å². The molecule has 3 fully saturated rings. The molecule has 8 aromatic rings. The number of ether oxygens (including phenoxy) is 4. The van der Waals surface area contributed by atoms with Crippen LogP contribution in [0.2, 0.25) is 5.15 Å². The molecule has 3 N–H and O–H groups in total. The molecule has 0 bridgehead atoms. The first-order chi connectivity index (χ1) is 37.5. The van der Waals surface area contributed by atoms with E-state index >= 15 is 0 Å². The van der Waals surface area contributed by atoms with Crippen molar-refractivity contribution in [2.45, 2.75) is 19.3 Å². The standard InChI is InChI=1S/C21H21N3O4.C12H12BrN3O.C9H11BO5.C9H6BrClN2O.C3H7N.ClH/c1-23-11-16(13-7-18(27-2)17(12-25)19(8-13)28-3)14-9-20(24-5-4-6-24)22-10-15(14)21(23)26;1-15-7-10(13)8-5-11(16-3-2-4-16)14-6-9(8)12(15)17;1-14-8-3-6(10(12)13)4-9(15-2)7(8)5-11;1-13-4-7(10)5-2-8(11)12-3-6(5)9(13)14;1-2-4-3-1;/h7-12H,4-6H2,1-3H3;5-7H,2-4H2,1H3;3-5,12-13H,1-2H3;2-4H,1H3;4H,1-3H2;1H. The molecule has 25 heteroatoms. The summed E-state index contributed by atoms with van der Waals surface area (Å²) >= 11 is 12.6. The molecule has 0 atom stereocenters. The lowest BCUT2D eigenvalue weighted by atomic mass is 9.79. The van der Waals surface area contributed by atoms with E-state index in [1.54, 1.807) is 74.9 Å². The number of carbonyl (C=O) groups excluding carboxylic acids is 2. The first kappa shape index (κ1) is 61.4. The fourth-order valence-electron chi connectivity index (χ4n) is 8.21. The second-order valence-corrected chi connectivity index (χ2v) is 20.1. The third-order valence-corrected chi connectivity index (χ3v) is 14.5. The predicted molar refractivity (Wildman–Crippen MR) is 318 cm³/mol. The number of anilines is 2. The molecule has 0 unspecified atom stereocenters. The fraction of sp³-hybridized carbons (Fsp3) is 0.296. The molecule has 3 saturated heterocycles. The predicted octanol–water partition coefficient (Wildman–Crippen LogP) is 6.49. The number of aryl methyl sites for hydroxylation is 3. The van der Waals surface area contributed by atoms with E-state index < -0.39 is 7.12 Å². The van der Waals surface area contributed by atoms with Crippen LogP contribution in [-0.2, 0) is 21.1 Å². The fourth-order valence-corrected chi connectivity index (χ4v) is 9.64. The summed E-state index contributed by atoms with van der Waals surface area (Å²) < 4.78 is 27.0. The van der Waals surface area contributed by atoms with Crippen LogP contribution in [0.3, 0.4) is 0 Å². The van der Waals surface area contributed by atoms with Gasteiger partial charge >= 0.3 is 7.12 Å².